The van der Waals surface area contributed by atoms with Crippen molar-refractivity contribution >= 4 is 29.7 Å². The molecule has 0 spiro atoms. The van der Waals surface area contributed by atoms with E-state index in [2.05, 4.69) is 25.1 Å². The third kappa shape index (κ3) is 8.46. The fourth-order valence-electron chi connectivity index (χ4n) is 3.03. The topological polar surface area (TPSA) is 57.6 Å². The Kier molecular flexibility index (Phi) is 10.2. The first-order chi connectivity index (χ1) is 14.5. The van der Waals surface area contributed by atoms with Gasteiger partial charge in [-0.05, 0) is 41.3 Å². The molecule has 1 N–H and O–H groups in total. The Balaban J connectivity index is 1.88. The summed E-state index contributed by atoms with van der Waals surface area (Å²) in [6.07, 6.45) is 9.13. The summed E-state index contributed by atoms with van der Waals surface area (Å²) in [5, 5.41) is 8.72. The van der Waals surface area contributed by atoms with Crippen LogP contribution in [0.2, 0.25) is 0 Å². The lowest BCUT2D eigenvalue weighted by Gasteiger charge is -2.17. The maximum atomic E-state index is 12.3. The number of hydrogen-bond acceptors (Lipinski definition) is 3. The van der Waals surface area contributed by atoms with Gasteiger partial charge in [0.25, 0.3) is 0 Å². The molecule has 2 rings (SSSR count). The molecule has 0 aromatic heterocycles. The molecular weight excluding hydrogens is 394 g/mol. The van der Waals surface area contributed by atoms with Gasteiger partial charge in [0.2, 0.25) is 5.91 Å². The molecule has 0 aliphatic rings. The van der Waals surface area contributed by atoms with Crippen molar-refractivity contribution in [3.63, 3.8) is 0 Å². The van der Waals surface area contributed by atoms with E-state index >= 15 is 0 Å². The molecular formula is C25H31NO3S. The second-order valence-electron chi connectivity index (χ2n) is 7.35. The van der Waals surface area contributed by atoms with Crippen molar-refractivity contribution in [2.24, 2.45) is 0 Å². The zero-order chi connectivity index (χ0) is 21.8. The Hall–Kier alpha value is -2.53. The second kappa shape index (κ2) is 12.9. The lowest BCUT2D eigenvalue weighted by atomic mass is 10.0. The van der Waals surface area contributed by atoms with Gasteiger partial charge in [0.1, 0.15) is 0 Å². The van der Waals surface area contributed by atoms with Crippen LogP contribution in [0.15, 0.2) is 59.5 Å². The van der Waals surface area contributed by atoms with Gasteiger partial charge in [-0.2, -0.15) is 0 Å². The number of hydrogen-bond donors (Lipinski definition) is 1. The van der Waals surface area contributed by atoms with Crippen LogP contribution in [-0.2, 0) is 9.59 Å². The molecule has 2 aromatic carbocycles. The Morgan fingerprint density at radius 1 is 1.00 bits per heavy atom. The molecule has 160 valence electrons. The van der Waals surface area contributed by atoms with Gasteiger partial charge in [-0.1, -0.05) is 69.0 Å². The fraction of sp³-hybridized carbons (Fsp3) is 0.360. The zero-order valence-electron chi connectivity index (χ0n) is 17.8. The van der Waals surface area contributed by atoms with Crippen molar-refractivity contribution in [1.82, 2.24) is 4.90 Å². The minimum absolute atomic E-state index is 0.208. The quantitative estimate of drug-likeness (QED) is 0.187. The lowest BCUT2D eigenvalue weighted by molar-refractivity contribution is -0.131. The van der Waals surface area contributed by atoms with E-state index < -0.39 is 5.97 Å². The third-order valence-corrected chi connectivity index (χ3v) is 5.94. The number of amides is 1. The highest BCUT2D eigenvalue weighted by Crippen LogP contribution is 2.26. The van der Waals surface area contributed by atoms with Crippen molar-refractivity contribution in [2.45, 2.75) is 50.3 Å². The Morgan fingerprint density at radius 3 is 2.43 bits per heavy atom. The summed E-state index contributed by atoms with van der Waals surface area (Å²) in [5.74, 6) is -0.111. The maximum Gasteiger partial charge on any atom is 0.328 e. The number of benzene rings is 2. The van der Waals surface area contributed by atoms with E-state index in [9.17, 15) is 9.59 Å². The summed E-state index contributed by atoms with van der Waals surface area (Å²) < 4.78 is 0. The second-order valence-corrected chi connectivity index (χ2v) is 8.37. The van der Waals surface area contributed by atoms with E-state index in [1.807, 2.05) is 37.4 Å². The molecule has 0 saturated heterocycles. The highest BCUT2D eigenvalue weighted by Gasteiger charge is 2.09. The fourth-order valence-corrected chi connectivity index (χ4v) is 3.91. The average molecular weight is 426 g/mol. The van der Waals surface area contributed by atoms with Crippen LogP contribution in [-0.4, -0.2) is 34.8 Å². The van der Waals surface area contributed by atoms with Crippen LogP contribution in [0.5, 0.6) is 0 Å². The number of carboxylic acid groups (broad SMARTS) is 1. The molecule has 0 heterocycles. The number of aliphatic carboxylic acids is 1. The summed E-state index contributed by atoms with van der Waals surface area (Å²) in [6, 6.07) is 16.0. The van der Waals surface area contributed by atoms with Crippen molar-refractivity contribution in [1.29, 1.82) is 0 Å². The zero-order valence-corrected chi connectivity index (χ0v) is 18.7. The summed E-state index contributed by atoms with van der Waals surface area (Å²) in [5.41, 5.74) is 3.02. The third-order valence-electron chi connectivity index (χ3n) is 4.84. The Bertz CT molecular complexity index is 846. The molecule has 0 saturated carbocycles. The number of carbonyl (C=O) groups excluding carboxylic acids is 1. The van der Waals surface area contributed by atoms with Crippen LogP contribution in [0.1, 0.15) is 51.0 Å². The van der Waals surface area contributed by atoms with Gasteiger partial charge in [-0.15, -0.1) is 11.8 Å². The number of carbonyl (C=O) groups is 2. The van der Waals surface area contributed by atoms with Gasteiger partial charge in [-0.3, -0.25) is 4.79 Å². The first-order valence-corrected chi connectivity index (χ1v) is 11.5. The van der Waals surface area contributed by atoms with E-state index in [0.717, 1.165) is 40.5 Å². The summed E-state index contributed by atoms with van der Waals surface area (Å²) in [6.45, 7) is 2.19. The lowest BCUT2D eigenvalue weighted by Crippen LogP contribution is -2.25. The number of thioether (sulfide) groups is 1. The van der Waals surface area contributed by atoms with E-state index in [-0.39, 0.29) is 5.91 Å². The van der Waals surface area contributed by atoms with Gasteiger partial charge in [0.15, 0.2) is 0 Å². The largest absolute Gasteiger partial charge is 0.478 e. The van der Waals surface area contributed by atoms with E-state index in [4.69, 9.17) is 5.11 Å². The van der Waals surface area contributed by atoms with Gasteiger partial charge < -0.3 is 10.0 Å². The summed E-state index contributed by atoms with van der Waals surface area (Å²) in [7, 11) is 1.87. The highest BCUT2D eigenvalue weighted by atomic mass is 32.2. The van der Waals surface area contributed by atoms with Gasteiger partial charge in [0, 0.05) is 24.4 Å². The van der Waals surface area contributed by atoms with Crippen LogP contribution in [0.25, 0.3) is 17.2 Å². The number of rotatable bonds is 12. The summed E-state index contributed by atoms with van der Waals surface area (Å²) >= 11 is 1.66. The van der Waals surface area contributed by atoms with Crippen molar-refractivity contribution < 1.29 is 14.7 Å². The van der Waals surface area contributed by atoms with Crippen molar-refractivity contribution in [3.8, 4) is 11.1 Å². The number of carboxylic acids is 1. The van der Waals surface area contributed by atoms with E-state index in [0.29, 0.717) is 12.3 Å². The molecule has 1 amide bonds. The Labute approximate surface area is 184 Å². The number of nitrogens with zero attached hydrogens (tertiary/aromatic N) is 1. The van der Waals surface area contributed by atoms with Crippen molar-refractivity contribution in [2.75, 3.05) is 12.9 Å². The first-order valence-electron chi connectivity index (χ1n) is 10.5. The van der Waals surface area contributed by atoms with Gasteiger partial charge >= 0.3 is 5.97 Å². The molecule has 2 aromatic rings. The molecule has 0 aliphatic carbocycles. The predicted molar refractivity (Wildman–Crippen MR) is 125 cm³/mol. The molecule has 30 heavy (non-hydrogen) atoms. The minimum atomic E-state index is -0.955. The number of unbranched alkanes of at least 4 members (excludes halogenated alkanes) is 4. The molecule has 0 atom stereocenters. The molecule has 0 bridgehead atoms. The van der Waals surface area contributed by atoms with Crippen LogP contribution in [0, 0.1) is 0 Å². The molecule has 0 unspecified atom stereocenters. The van der Waals surface area contributed by atoms with Gasteiger partial charge in [-0.25, -0.2) is 4.79 Å². The first kappa shape index (κ1) is 23.7. The summed E-state index contributed by atoms with van der Waals surface area (Å²) in [4.78, 5) is 25.8. The van der Waals surface area contributed by atoms with Crippen LogP contribution in [0.4, 0.5) is 0 Å². The average Bonchev–Trinajstić information content (AvgIpc) is 2.76. The molecule has 0 radical (unpaired) electrons. The van der Waals surface area contributed by atoms with Gasteiger partial charge in [0.05, 0.1) is 5.88 Å². The highest BCUT2D eigenvalue weighted by molar-refractivity contribution is 7.99. The molecule has 5 heteroatoms. The maximum absolute atomic E-state index is 12.3. The predicted octanol–water partition coefficient (Wildman–Crippen LogP) is 6.32. The van der Waals surface area contributed by atoms with Crippen LogP contribution >= 0.6 is 11.8 Å². The normalized spacial score (nSPS) is 11.0. The Morgan fingerprint density at radius 2 is 1.73 bits per heavy atom. The van der Waals surface area contributed by atoms with E-state index in [1.165, 1.54) is 19.3 Å². The standard InChI is InChI=1S/C25H31NO3S/c1-3-4-5-6-7-11-24(27)26(2)19-30-23-10-8-9-22(18-23)21-15-12-20(13-16-21)14-17-25(28)29/h8-10,12-18H,3-7,11,19H2,1-2H3,(H,28,29). The van der Waals surface area contributed by atoms with E-state index in [1.54, 1.807) is 22.7 Å². The van der Waals surface area contributed by atoms with Crippen molar-refractivity contribution in [3.05, 3.63) is 60.2 Å². The smallest absolute Gasteiger partial charge is 0.328 e. The minimum Gasteiger partial charge on any atom is -0.478 e. The molecule has 0 fully saturated rings. The molecule has 0 aliphatic heterocycles. The SMILES string of the molecule is CCCCCCCC(=O)N(C)CSc1cccc(-c2ccc(C=CC(=O)O)cc2)c1. The molecule has 4 nitrogen and oxygen atoms in total. The van der Waals surface area contributed by atoms with Crippen LogP contribution < -0.4 is 0 Å². The van der Waals surface area contributed by atoms with Crippen LogP contribution in [0.3, 0.4) is 0 Å². The monoisotopic (exact) mass is 425 g/mol.